The summed E-state index contributed by atoms with van der Waals surface area (Å²) >= 11 is 0. The molecule has 0 aliphatic carbocycles. The molecule has 1 aliphatic heterocycles. The summed E-state index contributed by atoms with van der Waals surface area (Å²) in [6.45, 7) is 8.71. The number of amides is 3. The van der Waals surface area contributed by atoms with Crippen LogP contribution in [0.1, 0.15) is 46.0 Å². The molecule has 0 spiro atoms. The minimum atomic E-state index is -5.12. The summed E-state index contributed by atoms with van der Waals surface area (Å²) < 4.78 is 52.7. The largest absolute Gasteiger partial charge is 0.471 e. The highest BCUT2D eigenvalue weighted by atomic mass is 19.4. The number of halogens is 4. The van der Waals surface area contributed by atoms with Gasteiger partial charge in [0.2, 0.25) is 0 Å². The number of aryl methyl sites for hydroxylation is 1. The van der Waals surface area contributed by atoms with Crippen molar-refractivity contribution in [1.82, 2.24) is 25.5 Å². The monoisotopic (exact) mass is 560 g/mol. The van der Waals surface area contributed by atoms with E-state index in [0.717, 1.165) is 25.2 Å². The van der Waals surface area contributed by atoms with Crippen LogP contribution in [0.15, 0.2) is 30.3 Å². The maximum atomic E-state index is 15.0. The third-order valence-corrected chi connectivity index (χ3v) is 6.72. The average molecular weight is 561 g/mol. The van der Waals surface area contributed by atoms with Crippen LogP contribution in [0.5, 0.6) is 0 Å². The van der Waals surface area contributed by atoms with Crippen molar-refractivity contribution >= 4 is 23.4 Å². The van der Waals surface area contributed by atoms with Crippen molar-refractivity contribution < 1.29 is 31.9 Å². The van der Waals surface area contributed by atoms with Crippen LogP contribution in [0.3, 0.4) is 0 Å². The second-order valence-electron chi connectivity index (χ2n) is 9.17. The molecule has 212 valence electrons. The Hall–Kier alpha value is -4.26. The van der Waals surface area contributed by atoms with E-state index in [4.69, 9.17) is 0 Å². The predicted molar refractivity (Wildman–Crippen MR) is 140 cm³/mol. The van der Waals surface area contributed by atoms with E-state index in [1.54, 1.807) is 24.4 Å². The number of hydrogen-bond donors (Lipinski definition) is 4. The number of carbonyl (C=O) groups is 3. The SMILES string of the molecule is CCN(CC)CCNC(=O)c1[nH]c(-c2ccc(-c3ccc(NC(=O)C(F)(F)F)cc3F)c3c2C(=O)NC3)nc1C. The minimum Gasteiger partial charge on any atom is -0.349 e. The van der Waals surface area contributed by atoms with E-state index in [1.165, 1.54) is 6.07 Å². The van der Waals surface area contributed by atoms with E-state index >= 15 is 4.39 Å². The van der Waals surface area contributed by atoms with Crippen LogP contribution < -0.4 is 16.0 Å². The normalized spacial score (nSPS) is 12.8. The molecule has 1 aliphatic rings. The highest BCUT2D eigenvalue weighted by Crippen LogP contribution is 2.37. The van der Waals surface area contributed by atoms with Gasteiger partial charge in [-0.05, 0) is 55.4 Å². The van der Waals surface area contributed by atoms with Gasteiger partial charge in [-0.2, -0.15) is 13.2 Å². The summed E-state index contributed by atoms with van der Waals surface area (Å²) in [7, 11) is 0. The Morgan fingerprint density at radius 1 is 1.07 bits per heavy atom. The molecule has 3 aromatic rings. The molecule has 13 heteroatoms. The van der Waals surface area contributed by atoms with Gasteiger partial charge in [0, 0.05) is 36.4 Å². The standard InChI is InChI=1S/C27H28F4N6O3/c1-4-37(5-2)11-10-32-25(39)22-14(3)34-23(36-22)18-9-8-16(19-13-33-24(38)21(18)19)17-7-6-15(12-20(17)28)35-26(40)27(29,30)31/h6-9,12H,4-5,10-11,13H2,1-3H3,(H,32,39)(H,33,38)(H,34,36)(H,35,40). The molecule has 40 heavy (non-hydrogen) atoms. The van der Waals surface area contributed by atoms with E-state index in [9.17, 15) is 27.6 Å². The van der Waals surface area contributed by atoms with Gasteiger partial charge in [0.25, 0.3) is 11.8 Å². The fourth-order valence-corrected chi connectivity index (χ4v) is 4.58. The molecule has 0 fully saturated rings. The third-order valence-electron chi connectivity index (χ3n) is 6.72. The van der Waals surface area contributed by atoms with Gasteiger partial charge in [-0.1, -0.05) is 19.9 Å². The first-order valence-corrected chi connectivity index (χ1v) is 12.6. The smallest absolute Gasteiger partial charge is 0.349 e. The lowest BCUT2D eigenvalue weighted by Crippen LogP contribution is -2.35. The maximum Gasteiger partial charge on any atom is 0.471 e. The molecule has 0 bridgehead atoms. The summed E-state index contributed by atoms with van der Waals surface area (Å²) in [6, 6.07) is 6.30. The fourth-order valence-electron chi connectivity index (χ4n) is 4.58. The molecule has 1 aromatic heterocycles. The fraction of sp³-hybridized carbons (Fsp3) is 0.333. The number of imidazole rings is 1. The minimum absolute atomic E-state index is 0.0354. The van der Waals surface area contributed by atoms with Gasteiger partial charge in [0.15, 0.2) is 0 Å². The molecule has 4 rings (SSSR count). The Labute approximate surface area is 227 Å². The van der Waals surface area contributed by atoms with Crippen molar-refractivity contribution in [3.63, 3.8) is 0 Å². The first kappa shape index (κ1) is 28.7. The molecule has 3 amide bonds. The van der Waals surface area contributed by atoms with Crippen LogP contribution in [0.4, 0.5) is 23.2 Å². The number of carbonyl (C=O) groups excluding carboxylic acids is 3. The number of hydrogen-bond acceptors (Lipinski definition) is 5. The molecule has 2 heterocycles. The number of fused-ring (bicyclic) bond motifs is 1. The van der Waals surface area contributed by atoms with Crippen molar-refractivity contribution in [3.05, 3.63) is 58.7 Å². The summed E-state index contributed by atoms with van der Waals surface area (Å²) in [6.07, 6.45) is -5.12. The number of rotatable bonds is 9. The highest BCUT2D eigenvalue weighted by Gasteiger charge is 2.38. The molecule has 0 atom stereocenters. The molecule has 2 aromatic carbocycles. The second-order valence-corrected chi connectivity index (χ2v) is 9.17. The van der Waals surface area contributed by atoms with E-state index in [2.05, 4.69) is 25.5 Å². The Balaban J connectivity index is 1.62. The van der Waals surface area contributed by atoms with Crippen LogP contribution >= 0.6 is 0 Å². The van der Waals surface area contributed by atoms with Gasteiger partial charge in [0.05, 0.1) is 11.3 Å². The Kier molecular flexibility index (Phi) is 8.24. The van der Waals surface area contributed by atoms with Crippen molar-refractivity contribution in [2.75, 3.05) is 31.5 Å². The molecule has 0 saturated heterocycles. The summed E-state index contributed by atoms with van der Waals surface area (Å²) in [5, 5.41) is 7.18. The van der Waals surface area contributed by atoms with Crippen LogP contribution in [0, 0.1) is 12.7 Å². The number of anilines is 1. The van der Waals surface area contributed by atoms with Gasteiger partial charge in [-0.25, -0.2) is 9.37 Å². The van der Waals surface area contributed by atoms with Crippen LogP contribution in [-0.4, -0.2) is 64.9 Å². The Morgan fingerprint density at radius 2 is 1.75 bits per heavy atom. The quantitative estimate of drug-likeness (QED) is 0.295. The van der Waals surface area contributed by atoms with E-state index in [1.807, 2.05) is 13.8 Å². The zero-order valence-corrected chi connectivity index (χ0v) is 22.1. The number of aromatic nitrogens is 2. The average Bonchev–Trinajstić information content (AvgIpc) is 3.49. The van der Waals surface area contributed by atoms with Crippen molar-refractivity contribution in [3.8, 4) is 22.5 Å². The summed E-state index contributed by atoms with van der Waals surface area (Å²) in [5.74, 6) is -3.56. The molecular weight excluding hydrogens is 532 g/mol. The van der Waals surface area contributed by atoms with Gasteiger partial charge in [0.1, 0.15) is 17.3 Å². The van der Waals surface area contributed by atoms with E-state index in [-0.39, 0.29) is 40.8 Å². The maximum absolute atomic E-state index is 15.0. The first-order valence-electron chi connectivity index (χ1n) is 12.6. The lowest BCUT2D eigenvalue weighted by atomic mass is 9.92. The van der Waals surface area contributed by atoms with Crippen LogP contribution in [-0.2, 0) is 11.3 Å². The zero-order chi connectivity index (χ0) is 29.2. The lowest BCUT2D eigenvalue weighted by Gasteiger charge is -2.17. The van der Waals surface area contributed by atoms with E-state index < -0.39 is 23.8 Å². The first-order chi connectivity index (χ1) is 18.9. The zero-order valence-electron chi connectivity index (χ0n) is 22.1. The summed E-state index contributed by atoms with van der Waals surface area (Å²) in [5.41, 5.74) is 1.84. The second kappa shape index (κ2) is 11.5. The lowest BCUT2D eigenvalue weighted by molar-refractivity contribution is -0.167. The number of H-pyrrole nitrogens is 1. The third kappa shape index (κ3) is 5.83. The molecule has 9 nitrogen and oxygen atoms in total. The summed E-state index contributed by atoms with van der Waals surface area (Å²) in [4.78, 5) is 46.4. The number of benzene rings is 2. The topological polar surface area (TPSA) is 119 Å². The molecule has 0 saturated carbocycles. The molecule has 4 N–H and O–H groups in total. The molecular formula is C27H28F4N6O3. The van der Waals surface area contributed by atoms with Gasteiger partial charge in [-0.15, -0.1) is 0 Å². The van der Waals surface area contributed by atoms with Crippen molar-refractivity contribution in [2.24, 2.45) is 0 Å². The number of alkyl halides is 3. The molecule has 0 unspecified atom stereocenters. The van der Waals surface area contributed by atoms with Crippen molar-refractivity contribution in [2.45, 2.75) is 33.5 Å². The molecule has 0 radical (unpaired) electrons. The van der Waals surface area contributed by atoms with Gasteiger partial charge >= 0.3 is 12.1 Å². The highest BCUT2D eigenvalue weighted by molar-refractivity contribution is 6.06. The van der Waals surface area contributed by atoms with Crippen LogP contribution in [0.25, 0.3) is 22.5 Å². The number of nitrogens with zero attached hydrogens (tertiary/aromatic N) is 2. The van der Waals surface area contributed by atoms with Gasteiger partial charge in [-0.3, -0.25) is 14.4 Å². The number of aromatic amines is 1. The van der Waals surface area contributed by atoms with Crippen molar-refractivity contribution in [1.29, 1.82) is 0 Å². The number of likely N-dealkylation sites (N-methyl/N-ethyl adjacent to an activating group) is 1. The van der Waals surface area contributed by atoms with Crippen LogP contribution in [0.2, 0.25) is 0 Å². The predicted octanol–water partition coefficient (Wildman–Crippen LogP) is 4.01. The Morgan fingerprint density at radius 3 is 2.40 bits per heavy atom. The van der Waals surface area contributed by atoms with Gasteiger partial charge < -0.3 is 25.8 Å². The van der Waals surface area contributed by atoms with E-state index in [0.29, 0.717) is 35.5 Å². The number of nitrogens with one attached hydrogen (secondary N) is 4. The Bertz CT molecular complexity index is 1460.